The van der Waals surface area contributed by atoms with E-state index in [2.05, 4.69) is 5.10 Å². The van der Waals surface area contributed by atoms with Gasteiger partial charge in [0, 0.05) is 0 Å². The van der Waals surface area contributed by atoms with Crippen molar-refractivity contribution in [2.45, 2.75) is 4.90 Å². The molecular weight excluding hydrogens is 334 g/mol. The highest BCUT2D eigenvalue weighted by atomic mass is 32.2. The lowest BCUT2D eigenvalue weighted by atomic mass is 10.2. The summed E-state index contributed by atoms with van der Waals surface area (Å²) in [7, 11) is -2.45. The van der Waals surface area contributed by atoms with Gasteiger partial charge in [-0.1, -0.05) is 0 Å². The van der Waals surface area contributed by atoms with Gasteiger partial charge in [-0.05, 0) is 54.1 Å². The molecule has 2 amide bonds. The molecule has 2 rings (SSSR count). The highest BCUT2D eigenvalue weighted by Gasteiger charge is 2.16. The minimum absolute atomic E-state index is 0.0135. The highest BCUT2D eigenvalue weighted by molar-refractivity contribution is 7.87. The number of amides is 2. The Kier molecular flexibility index (Phi) is 5.38. The fraction of sp³-hybridized carbons (Fsp3) is 0.0667. The molecule has 0 saturated carbocycles. The first kappa shape index (κ1) is 17.3. The van der Waals surface area contributed by atoms with Crippen LogP contribution in [0.15, 0.2) is 58.5 Å². The van der Waals surface area contributed by atoms with E-state index < -0.39 is 16.1 Å². The predicted octanol–water partition coefficient (Wildman–Crippen LogP) is 1.47. The molecule has 2 aromatic carbocycles. The van der Waals surface area contributed by atoms with E-state index in [1.807, 2.05) is 5.43 Å². The number of benzene rings is 2. The number of hydrogen-bond acceptors (Lipinski definition) is 6. The SMILES string of the molecule is COc1ccc(S(=O)(=O)Oc2ccc(/C=N\NC(N)=O)cc2)cc1. The lowest BCUT2D eigenvalue weighted by Gasteiger charge is -2.08. The molecule has 0 fully saturated rings. The van der Waals surface area contributed by atoms with Crippen molar-refractivity contribution in [1.82, 2.24) is 5.43 Å². The van der Waals surface area contributed by atoms with Crippen LogP contribution >= 0.6 is 0 Å². The van der Waals surface area contributed by atoms with Crippen LogP contribution < -0.4 is 20.1 Å². The smallest absolute Gasteiger partial charge is 0.339 e. The maximum Gasteiger partial charge on any atom is 0.339 e. The molecule has 24 heavy (non-hydrogen) atoms. The zero-order valence-corrected chi connectivity index (χ0v) is 13.5. The van der Waals surface area contributed by atoms with Crippen molar-refractivity contribution in [3.63, 3.8) is 0 Å². The first-order chi connectivity index (χ1) is 11.4. The monoisotopic (exact) mass is 349 g/mol. The topological polar surface area (TPSA) is 120 Å². The van der Waals surface area contributed by atoms with Crippen LogP contribution in [0.1, 0.15) is 5.56 Å². The molecule has 0 unspecified atom stereocenters. The number of carbonyl (C=O) groups is 1. The Morgan fingerprint density at radius 2 is 1.67 bits per heavy atom. The summed E-state index contributed by atoms with van der Waals surface area (Å²) in [5.41, 5.74) is 7.54. The first-order valence-electron chi connectivity index (χ1n) is 6.68. The molecule has 0 aliphatic heterocycles. The quantitative estimate of drug-likeness (QED) is 0.465. The van der Waals surface area contributed by atoms with Gasteiger partial charge in [0.25, 0.3) is 0 Å². The molecule has 0 bridgehead atoms. The third-order valence-electron chi connectivity index (χ3n) is 2.82. The fourth-order valence-electron chi connectivity index (χ4n) is 1.70. The predicted molar refractivity (Wildman–Crippen MR) is 87.6 cm³/mol. The average molecular weight is 349 g/mol. The zero-order valence-electron chi connectivity index (χ0n) is 12.7. The van der Waals surface area contributed by atoms with E-state index in [4.69, 9.17) is 14.7 Å². The lowest BCUT2D eigenvalue weighted by Crippen LogP contribution is -2.24. The summed E-state index contributed by atoms with van der Waals surface area (Å²) in [6.07, 6.45) is 1.35. The lowest BCUT2D eigenvalue weighted by molar-refractivity contribution is 0.249. The summed E-state index contributed by atoms with van der Waals surface area (Å²) in [5, 5.41) is 3.59. The largest absolute Gasteiger partial charge is 0.497 e. The van der Waals surface area contributed by atoms with Gasteiger partial charge in [-0.3, -0.25) is 0 Å². The minimum Gasteiger partial charge on any atom is -0.497 e. The van der Waals surface area contributed by atoms with Crippen molar-refractivity contribution < 1.29 is 22.1 Å². The Bertz CT molecular complexity index is 830. The summed E-state index contributed by atoms with van der Waals surface area (Å²) in [6, 6.07) is 11.1. The van der Waals surface area contributed by atoms with Crippen molar-refractivity contribution in [3.8, 4) is 11.5 Å². The molecular formula is C15H15N3O5S. The summed E-state index contributed by atoms with van der Waals surface area (Å²) >= 11 is 0. The summed E-state index contributed by atoms with van der Waals surface area (Å²) in [4.78, 5) is 10.5. The van der Waals surface area contributed by atoms with Crippen LogP contribution in [0, 0.1) is 0 Å². The minimum atomic E-state index is -3.94. The van der Waals surface area contributed by atoms with Gasteiger partial charge in [-0.15, -0.1) is 0 Å². The second kappa shape index (κ2) is 7.47. The number of rotatable bonds is 6. The number of hydrogen-bond donors (Lipinski definition) is 2. The van der Waals surface area contributed by atoms with E-state index in [1.165, 1.54) is 49.7 Å². The maximum atomic E-state index is 12.2. The Hall–Kier alpha value is -3.07. The Morgan fingerprint density at radius 1 is 1.08 bits per heavy atom. The van der Waals surface area contributed by atoms with Gasteiger partial charge in [-0.25, -0.2) is 10.2 Å². The first-order valence-corrected chi connectivity index (χ1v) is 8.08. The maximum absolute atomic E-state index is 12.2. The second-order valence-electron chi connectivity index (χ2n) is 4.52. The number of primary amides is 1. The van der Waals surface area contributed by atoms with E-state index in [0.29, 0.717) is 11.3 Å². The van der Waals surface area contributed by atoms with E-state index in [9.17, 15) is 13.2 Å². The second-order valence-corrected chi connectivity index (χ2v) is 6.06. The Labute approximate surface area is 139 Å². The number of nitrogens with two attached hydrogens (primary N) is 1. The van der Waals surface area contributed by atoms with Crippen molar-refractivity contribution >= 4 is 22.4 Å². The molecule has 0 radical (unpaired) electrons. The van der Waals surface area contributed by atoms with Gasteiger partial charge in [0.2, 0.25) is 0 Å². The van der Waals surface area contributed by atoms with Crippen molar-refractivity contribution in [1.29, 1.82) is 0 Å². The number of nitrogens with one attached hydrogen (secondary N) is 1. The summed E-state index contributed by atoms with van der Waals surface area (Å²) in [6.45, 7) is 0. The van der Waals surface area contributed by atoms with Gasteiger partial charge < -0.3 is 14.7 Å². The molecule has 0 spiro atoms. The molecule has 3 N–H and O–H groups in total. The molecule has 0 saturated heterocycles. The number of hydrazone groups is 1. The highest BCUT2D eigenvalue weighted by Crippen LogP contribution is 2.21. The third-order valence-corrected chi connectivity index (χ3v) is 4.08. The van der Waals surface area contributed by atoms with Gasteiger partial charge in [-0.2, -0.15) is 13.5 Å². The Balaban J connectivity index is 2.09. The third kappa shape index (κ3) is 4.71. The zero-order chi connectivity index (χ0) is 17.6. The van der Waals surface area contributed by atoms with Crippen LogP contribution in [-0.4, -0.2) is 27.8 Å². The van der Waals surface area contributed by atoms with Crippen LogP contribution in [0.2, 0.25) is 0 Å². The van der Waals surface area contributed by atoms with E-state index in [-0.39, 0.29) is 10.6 Å². The normalized spacial score (nSPS) is 11.2. The van der Waals surface area contributed by atoms with Gasteiger partial charge in [0.15, 0.2) is 0 Å². The van der Waals surface area contributed by atoms with Crippen molar-refractivity contribution in [2.24, 2.45) is 10.8 Å². The van der Waals surface area contributed by atoms with Crippen LogP contribution in [0.4, 0.5) is 4.79 Å². The molecule has 8 nitrogen and oxygen atoms in total. The summed E-state index contributed by atoms with van der Waals surface area (Å²) < 4.78 is 34.4. The molecule has 9 heteroatoms. The standard InChI is InChI=1S/C15H15N3O5S/c1-22-12-6-8-14(9-7-12)24(20,21)23-13-4-2-11(3-5-13)10-17-18-15(16)19/h2-10H,1H3,(H3,16,18,19)/b17-10-. The fourth-order valence-corrected chi connectivity index (χ4v) is 2.63. The molecule has 0 aliphatic carbocycles. The average Bonchev–Trinajstić information content (AvgIpc) is 2.56. The van der Waals surface area contributed by atoms with Crippen LogP contribution in [0.25, 0.3) is 0 Å². The summed E-state index contributed by atoms with van der Waals surface area (Å²) in [5.74, 6) is 0.688. The molecule has 2 aromatic rings. The van der Waals surface area contributed by atoms with Crippen LogP contribution in [0.3, 0.4) is 0 Å². The van der Waals surface area contributed by atoms with Crippen molar-refractivity contribution in [3.05, 3.63) is 54.1 Å². The molecule has 0 heterocycles. The number of urea groups is 1. The van der Waals surface area contributed by atoms with Crippen LogP contribution in [0.5, 0.6) is 11.5 Å². The van der Waals surface area contributed by atoms with Gasteiger partial charge in [0.05, 0.1) is 13.3 Å². The van der Waals surface area contributed by atoms with Crippen molar-refractivity contribution in [2.75, 3.05) is 7.11 Å². The van der Waals surface area contributed by atoms with Gasteiger partial charge in [0.1, 0.15) is 16.4 Å². The van der Waals surface area contributed by atoms with Gasteiger partial charge >= 0.3 is 16.1 Å². The number of methoxy groups -OCH3 is 1. The van der Waals surface area contributed by atoms with E-state index in [1.54, 1.807) is 12.1 Å². The number of carbonyl (C=O) groups excluding carboxylic acids is 1. The molecule has 0 aliphatic rings. The number of ether oxygens (including phenoxy) is 1. The molecule has 126 valence electrons. The Morgan fingerprint density at radius 3 is 2.21 bits per heavy atom. The van der Waals surface area contributed by atoms with E-state index >= 15 is 0 Å². The molecule has 0 aromatic heterocycles. The van der Waals surface area contributed by atoms with E-state index in [0.717, 1.165) is 0 Å². The molecule has 0 atom stereocenters. The van der Waals surface area contributed by atoms with Crippen LogP contribution in [-0.2, 0) is 10.1 Å². The number of nitrogens with zero attached hydrogens (tertiary/aromatic N) is 1.